The fourth-order valence-corrected chi connectivity index (χ4v) is 3.13. The molecule has 1 aliphatic heterocycles. The Kier molecular flexibility index (Phi) is 5.02. The fourth-order valence-electron chi connectivity index (χ4n) is 3.13. The van der Waals surface area contributed by atoms with E-state index in [-0.39, 0.29) is 11.8 Å². The number of carboxylic acid groups (broad SMARTS) is 1. The van der Waals surface area contributed by atoms with Gasteiger partial charge in [-0.1, -0.05) is 43.7 Å². The Hall–Kier alpha value is -2.43. The molecule has 1 N–H and O–H groups in total. The van der Waals surface area contributed by atoms with Crippen LogP contribution in [0.25, 0.3) is 11.4 Å². The van der Waals surface area contributed by atoms with Crippen LogP contribution < -0.4 is 4.90 Å². The van der Waals surface area contributed by atoms with E-state index in [1.54, 1.807) is 0 Å². The van der Waals surface area contributed by atoms with Gasteiger partial charge in [-0.15, -0.1) is 0 Å². The Bertz CT molecular complexity index is 756. The molecule has 25 heavy (non-hydrogen) atoms. The third kappa shape index (κ3) is 3.98. The molecule has 0 bridgehead atoms. The highest BCUT2D eigenvalue weighted by Crippen LogP contribution is 2.27. The van der Waals surface area contributed by atoms with Gasteiger partial charge >= 0.3 is 5.97 Å². The SMILES string of the molecule is Cc1ccc(-c2nc(C(C)C)cc(N3CCCC(C(=O)O)C3)n2)cc1. The number of carbonyl (C=O) groups is 1. The van der Waals surface area contributed by atoms with E-state index in [0.29, 0.717) is 12.4 Å². The van der Waals surface area contributed by atoms with E-state index in [9.17, 15) is 9.90 Å². The second-order valence-electron chi connectivity index (χ2n) is 7.12. The van der Waals surface area contributed by atoms with E-state index in [4.69, 9.17) is 9.97 Å². The molecule has 132 valence electrons. The minimum Gasteiger partial charge on any atom is -0.481 e. The van der Waals surface area contributed by atoms with Crippen LogP contribution in [0.15, 0.2) is 30.3 Å². The van der Waals surface area contributed by atoms with Crippen molar-refractivity contribution in [3.63, 3.8) is 0 Å². The van der Waals surface area contributed by atoms with E-state index >= 15 is 0 Å². The van der Waals surface area contributed by atoms with Crippen LogP contribution in [0.4, 0.5) is 5.82 Å². The Morgan fingerprint density at radius 1 is 1.24 bits per heavy atom. The lowest BCUT2D eigenvalue weighted by Gasteiger charge is -2.32. The molecule has 0 aliphatic carbocycles. The second kappa shape index (κ2) is 7.21. The molecule has 1 aromatic heterocycles. The summed E-state index contributed by atoms with van der Waals surface area (Å²) in [5.41, 5.74) is 3.17. The van der Waals surface area contributed by atoms with Crippen molar-refractivity contribution < 1.29 is 9.90 Å². The van der Waals surface area contributed by atoms with Crippen molar-refractivity contribution in [1.29, 1.82) is 0 Å². The topological polar surface area (TPSA) is 66.3 Å². The van der Waals surface area contributed by atoms with Crippen LogP contribution in [0.3, 0.4) is 0 Å². The molecule has 3 rings (SSSR count). The molecular formula is C20H25N3O2. The van der Waals surface area contributed by atoms with E-state index < -0.39 is 5.97 Å². The lowest BCUT2D eigenvalue weighted by atomic mass is 9.98. The van der Waals surface area contributed by atoms with Crippen LogP contribution in [-0.4, -0.2) is 34.1 Å². The van der Waals surface area contributed by atoms with Crippen LogP contribution in [0.1, 0.15) is 43.9 Å². The molecule has 5 heteroatoms. The summed E-state index contributed by atoms with van der Waals surface area (Å²) in [5, 5.41) is 9.34. The Morgan fingerprint density at radius 2 is 1.96 bits per heavy atom. The number of aliphatic carboxylic acids is 1. The molecule has 1 saturated heterocycles. The normalized spacial score (nSPS) is 17.8. The number of aromatic nitrogens is 2. The summed E-state index contributed by atoms with van der Waals surface area (Å²) >= 11 is 0. The first kappa shape index (κ1) is 17.4. The molecule has 2 aromatic rings. The number of hydrogen-bond donors (Lipinski definition) is 1. The van der Waals surface area contributed by atoms with Crippen LogP contribution in [-0.2, 0) is 4.79 Å². The van der Waals surface area contributed by atoms with E-state index in [1.165, 1.54) is 5.56 Å². The number of piperidine rings is 1. The fraction of sp³-hybridized carbons (Fsp3) is 0.450. The quantitative estimate of drug-likeness (QED) is 0.916. The van der Waals surface area contributed by atoms with Crippen molar-refractivity contribution in [2.45, 2.75) is 39.5 Å². The van der Waals surface area contributed by atoms with E-state index in [2.05, 4.69) is 37.8 Å². The van der Waals surface area contributed by atoms with Gasteiger partial charge in [0.25, 0.3) is 0 Å². The first-order chi connectivity index (χ1) is 11.9. The number of benzene rings is 1. The molecule has 0 radical (unpaired) electrons. The van der Waals surface area contributed by atoms with Crippen LogP contribution in [0.2, 0.25) is 0 Å². The maximum absolute atomic E-state index is 11.4. The number of nitrogens with zero attached hydrogens (tertiary/aromatic N) is 3. The maximum atomic E-state index is 11.4. The summed E-state index contributed by atoms with van der Waals surface area (Å²) in [6.07, 6.45) is 1.61. The minimum absolute atomic E-state index is 0.283. The van der Waals surface area contributed by atoms with E-state index in [1.807, 2.05) is 18.2 Å². The number of carboxylic acids is 1. The maximum Gasteiger partial charge on any atom is 0.308 e. The summed E-state index contributed by atoms with van der Waals surface area (Å²) in [6, 6.07) is 10.2. The molecule has 1 aliphatic rings. The lowest BCUT2D eigenvalue weighted by molar-refractivity contribution is -0.141. The highest BCUT2D eigenvalue weighted by Gasteiger charge is 2.27. The van der Waals surface area contributed by atoms with Crippen molar-refractivity contribution in [3.8, 4) is 11.4 Å². The predicted octanol–water partition coefficient (Wildman–Crippen LogP) is 3.88. The highest BCUT2D eigenvalue weighted by atomic mass is 16.4. The summed E-state index contributed by atoms with van der Waals surface area (Å²) < 4.78 is 0. The zero-order valence-corrected chi connectivity index (χ0v) is 15.1. The highest BCUT2D eigenvalue weighted by molar-refractivity contribution is 5.71. The van der Waals surface area contributed by atoms with Crippen molar-refractivity contribution in [2.24, 2.45) is 5.92 Å². The van der Waals surface area contributed by atoms with Crippen LogP contribution in [0.5, 0.6) is 0 Å². The van der Waals surface area contributed by atoms with Gasteiger partial charge in [-0.25, -0.2) is 9.97 Å². The minimum atomic E-state index is -0.721. The third-order valence-electron chi connectivity index (χ3n) is 4.73. The summed E-state index contributed by atoms with van der Waals surface area (Å²) in [6.45, 7) is 7.63. The van der Waals surface area contributed by atoms with Gasteiger partial charge in [0.1, 0.15) is 5.82 Å². The van der Waals surface area contributed by atoms with Gasteiger partial charge in [0.15, 0.2) is 5.82 Å². The smallest absolute Gasteiger partial charge is 0.308 e. The number of rotatable bonds is 4. The van der Waals surface area contributed by atoms with Crippen LogP contribution in [0, 0.1) is 12.8 Å². The molecule has 0 spiro atoms. The first-order valence-corrected chi connectivity index (χ1v) is 8.88. The standard InChI is InChI=1S/C20H25N3O2/c1-13(2)17-11-18(23-10-4-5-16(12-23)20(24)25)22-19(21-17)15-8-6-14(3)7-9-15/h6-9,11,13,16H,4-5,10,12H2,1-3H3,(H,24,25). The molecule has 1 unspecified atom stereocenters. The third-order valence-corrected chi connectivity index (χ3v) is 4.73. The van der Waals surface area contributed by atoms with Crippen molar-refractivity contribution in [2.75, 3.05) is 18.0 Å². The van der Waals surface area contributed by atoms with Crippen molar-refractivity contribution >= 4 is 11.8 Å². The first-order valence-electron chi connectivity index (χ1n) is 8.88. The zero-order chi connectivity index (χ0) is 18.0. The van der Waals surface area contributed by atoms with Crippen LogP contribution >= 0.6 is 0 Å². The average Bonchev–Trinajstić information content (AvgIpc) is 2.62. The molecule has 1 fully saturated rings. The second-order valence-corrected chi connectivity index (χ2v) is 7.12. The molecule has 2 heterocycles. The average molecular weight is 339 g/mol. The van der Waals surface area contributed by atoms with Gasteiger partial charge in [-0.2, -0.15) is 0 Å². The van der Waals surface area contributed by atoms with Gasteiger partial charge in [-0.3, -0.25) is 4.79 Å². The van der Waals surface area contributed by atoms with Gasteiger partial charge in [0.2, 0.25) is 0 Å². The molecule has 0 amide bonds. The van der Waals surface area contributed by atoms with Gasteiger partial charge in [-0.05, 0) is 25.7 Å². The van der Waals surface area contributed by atoms with Gasteiger partial charge < -0.3 is 10.0 Å². The molecule has 0 saturated carbocycles. The molecule has 1 aromatic carbocycles. The molecular weight excluding hydrogens is 314 g/mol. The summed E-state index contributed by atoms with van der Waals surface area (Å²) in [7, 11) is 0. The Labute approximate surface area is 148 Å². The van der Waals surface area contributed by atoms with Crippen molar-refractivity contribution in [3.05, 3.63) is 41.6 Å². The zero-order valence-electron chi connectivity index (χ0n) is 15.1. The monoisotopic (exact) mass is 339 g/mol. The number of anilines is 1. The Balaban J connectivity index is 1.98. The molecule has 5 nitrogen and oxygen atoms in total. The van der Waals surface area contributed by atoms with Gasteiger partial charge in [0.05, 0.1) is 5.92 Å². The number of hydrogen-bond acceptors (Lipinski definition) is 4. The Morgan fingerprint density at radius 3 is 2.60 bits per heavy atom. The summed E-state index contributed by atoms with van der Waals surface area (Å²) in [4.78, 5) is 22.9. The number of aryl methyl sites for hydroxylation is 1. The van der Waals surface area contributed by atoms with Gasteiger partial charge in [0, 0.05) is 30.4 Å². The molecule has 1 atom stereocenters. The lowest BCUT2D eigenvalue weighted by Crippen LogP contribution is -2.39. The predicted molar refractivity (Wildman–Crippen MR) is 98.9 cm³/mol. The largest absolute Gasteiger partial charge is 0.481 e. The summed E-state index contributed by atoms with van der Waals surface area (Å²) in [5.74, 6) is 0.778. The van der Waals surface area contributed by atoms with Crippen molar-refractivity contribution in [1.82, 2.24) is 9.97 Å². The van der Waals surface area contributed by atoms with E-state index in [0.717, 1.165) is 36.5 Å².